The van der Waals surface area contributed by atoms with Gasteiger partial charge in [0.1, 0.15) is 5.75 Å². The van der Waals surface area contributed by atoms with Gasteiger partial charge in [-0.25, -0.2) is 0 Å². The predicted molar refractivity (Wildman–Crippen MR) is 77.3 cm³/mol. The van der Waals surface area contributed by atoms with Crippen LogP contribution in [0.5, 0.6) is 5.75 Å². The number of hydrogen-bond donors (Lipinski definition) is 2. The average Bonchev–Trinajstić information content (AvgIpc) is 2.17. The molecule has 0 atom stereocenters. The van der Waals surface area contributed by atoms with E-state index in [0.717, 1.165) is 16.7 Å². The van der Waals surface area contributed by atoms with Crippen molar-refractivity contribution < 1.29 is 5.11 Å². The van der Waals surface area contributed by atoms with Gasteiger partial charge in [0.25, 0.3) is 0 Å². The molecule has 0 fully saturated rings. The number of nitrogens with two attached hydrogens (primary N) is 1. The van der Waals surface area contributed by atoms with Gasteiger partial charge in [-0.05, 0) is 28.5 Å². The van der Waals surface area contributed by atoms with Crippen LogP contribution >= 0.6 is 0 Å². The van der Waals surface area contributed by atoms with Crippen LogP contribution in [0.15, 0.2) is 17.2 Å². The quantitative estimate of drug-likeness (QED) is 0.455. The van der Waals surface area contributed by atoms with Gasteiger partial charge in [0.15, 0.2) is 0 Å². The van der Waals surface area contributed by atoms with Crippen molar-refractivity contribution in [2.75, 3.05) is 0 Å². The minimum Gasteiger partial charge on any atom is -0.507 e. The highest BCUT2D eigenvalue weighted by Gasteiger charge is 2.26. The molecular weight excluding hydrogens is 224 g/mol. The molecule has 0 spiro atoms. The Morgan fingerprint density at radius 2 is 1.39 bits per heavy atom. The van der Waals surface area contributed by atoms with E-state index in [9.17, 15) is 5.11 Å². The lowest BCUT2D eigenvalue weighted by Gasteiger charge is -2.27. The van der Waals surface area contributed by atoms with Crippen LogP contribution in [0, 0.1) is 0 Å². The van der Waals surface area contributed by atoms with E-state index in [2.05, 4.69) is 46.6 Å². The summed E-state index contributed by atoms with van der Waals surface area (Å²) in [6.45, 7) is 12.5. The molecule has 0 aromatic heterocycles. The molecule has 3 N–H and O–H groups in total. The zero-order valence-electron chi connectivity index (χ0n) is 12.2. The van der Waals surface area contributed by atoms with Crippen molar-refractivity contribution >= 4 is 6.21 Å². The summed E-state index contributed by atoms with van der Waals surface area (Å²) in [5.74, 6) is 5.60. The lowest BCUT2D eigenvalue weighted by atomic mass is 9.78. The first-order chi connectivity index (χ1) is 8.07. The Bertz CT molecular complexity index is 427. The molecule has 0 aliphatic carbocycles. The maximum Gasteiger partial charge on any atom is 0.123 e. The molecule has 3 nitrogen and oxygen atoms in total. The first-order valence-electron chi connectivity index (χ1n) is 6.18. The van der Waals surface area contributed by atoms with Gasteiger partial charge in [-0.3, -0.25) is 0 Å². The van der Waals surface area contributed by atoms with Crippen molar-refractivity contribution in [2.45, 2.75) is 52.4 Å². The third-order valence-electron chi connectivity index (χ3n) is 2.97. The van der Waals surface area contributed by atoms with E-state index in [4.69, 9.17) is 5.84 Å². The molecule has 0 saturated carbocycles. The first-order valence-corrected chi connectivity index (χ1v) is 6.18. The predicted octanol–water partition coefficient (Wildman–Crippen LogP) is 3.28. The fraction of sp³-hybridized carbons (Fsp3) is 0.533. The van der Waals surface area contributed by atoms with Crippen LogP contribution in [0.25, 0.3) is 0 Å². The van der Waals surface area contributed by atoms with Crippen molar-refractivity contribution in [3.8, 4) is 5.75 Å². The summed E-state index contributed by atoms with van der Waals surface area (Å²) in [7, 11) is 0. The number of aromatic hydroxyl groups is 1. The highest BCUT2D eigenvalue weighted by molar-refractivity contribution is 5.81. The fourth-order valence-electron chi connectivity index (χ4n) is 1.96. The standard InChI is InChI=1S/C15H24N2O/c1-14(2,3)11-7-10(9-17-16)8-12(13(11)18)15(4,5)6/h7-9,18H,16H2,1-6H3. The topological polar surface area (TPSA) is 58.6 Å². The van der Waals surface area contributed by atoms with Crippen LogP contribution in [-0.2, 0) is 10.8 Å². The normalized spacial score (nSPS) is 13.2. The number of phenols is 1. The Morgan fingerprint density at radius 1 is 1.00 bits per heavy atom. The second-order valence-corrected chi connectivity index (χ2v) is 6.74. The molecule has 0 amide bonds. The number of nitrogens with zero attached hydrogens (tertiary/aromatic N) is 1. The van der Waals surface area contributed by atoms with Gasteiger partial charge in [0.05, 0.1) is 6.21 Å². The molecule has 3 heteroatoms. The number of hydrazone groups is 1. The highest BCUT2D eigenvalue weighted by atomic mass is 16.3. The van der Waals surface area contributed by atoms with Crippen LogP contribution in [0.1, 0.15) is 58.2 Å². The molecule has 1 aromatic rings. The van der Waals surface area contributed by atoms with E-state index < -0.39 is 0 Å². The van der Waals surface area contributed by atoms with E-state index in [0.29, 0.717) is 5.75 Å². The minimum absolute atomic E-state index is 0.122. The third kappa shape index (κ3) is 3.03. The van der Waals surface area contributed by atoms with Crippen LogP contribution in [0.2, 0.25) is 0 Å². The summed E-state index contributed by atoms with van der Waals surface area (Å²) in [6, 6.07) is 3.89. The SMILES string of the molecule is CC(C)(C)c1cc(C=NN)cc(C(C)(C)C)c1O. The lowest BCUT2D eigenvalue weighted by molar-refractivity contribution is 0.423. The van der Waals surface area contributed by atoms with Gasteiger partial charge in [-0.1, -0.05) is 41.5 Å². The van der Waals surface area contributed by atoms with E-state index in [1.807, 2.05) is 12.1 Å². The molecule has 0 radical (unpaired) electrons. The van der Waals surface area contributed by atoms with Crippen molar-refractivity contribution in [1.82, 2.24) is 0 Å². The van der Waals surface area contributed by atoms with Crippen LogP contribution in [0.4, 0.5) is 0 Å². The summed E-state index contributed by atoms with van der Waals surface area (Å²) in [4.78, 5) is 0. The molecule has 1 aromatic carbocycles. The summed E-state index contributed by atoms with van der Waals surface area (Å²) < 4.78 is 0. The maximum atomic E-state index is 10.5. The highest BCUT2D eigenvalue weighted by Crippen LogP contribution is 2.39. The monoisotopic (exact) mass is 248 g/mol. The number of phenolic OH excluding ortho intramolecular Hbond substituents is 1. The Labute approximate surface area is 110 Å². The van der Waals surface area contributed by atoms with Gasteiger partial charge in [-0.2, -0.15) is 5.10 Å². The summed E-state index contributed by atoms with van der Waals surface area (Å²) in [6.07, 6.45) is 1.62. The summed E-state index contributed by atoms with van der Waals surface area (Å²) in [5.41, 5.74) is 2.52. The Morgan fingerprint density at radius 3 is 1.67 bits per heavy atom. The first kappa shape index (κ1) is 14.6. The second kappa shape index (κ2) is 4.63. The molecule has 18 heavy (non-hydrogen) atoms. The van der Waals surface area contributed by atoms with Crippen LogP contribution < -0.4 is 5.84 Å². The van der Waals surface area contributed by atoms with E-state index in [1.165, 1.54) is 0 Å². The van der Waals surface area contributed by atoms with Crippen molar-refractivity contribution in [2.24, 2.45) is 10.9 Å². The molecule has 0 aliphatic heterocycles. The lowest BCUT2D eigenvalue weighted by Crippen LogP contribution is -2.17. The Kier molecular flexibility index (Phi) is 3.75. The van der Waals surface area contributed by atoms with Crippen LogP contribution in [-0.4, -0.2) is 11.3 Å². The Balaban J connectivity index is 3.59. The van der Waals surface area contributed by atoms with E-state index in [-0.39, 0.29) is 10.8 Å². The smallest absolute Gasteiger partial charge is 0.123 e. The summed E-state index contributed by atoms with van der Waals surface area (Å²) in [5, 5.41) is 14.1. The number of hydrogen-bond acceptors (Lipinski definition) is 3. The van der Waals surface area contributed by atoms with Gasteiger partial charge >= 0.3 is 0 Å². The molecular formula is C15H24N2O. The van der Waals surface area contributed by atoms with Gasteiger partial charge in [0.2, 0.25) is 0 Å². The zero-order chi connectivity index (χ0) is 14.1. The molecule has 0 saturated heterocycles. The van der Waals surface area contributed by atoms with Crippen molar-refractivity contribution in [1.29, 1.82) is 0 Å². The second-order valence-electron chi connectivity index (χ2n) is 6.74. The molecule has 0 heterocycles. The van der Waals surface area contributed by atoms with Crippen LogP contribution in [0.3, 0.4) is 0 Å². The fourth-order valence-corrected chi connectivity index (χ4v) is 1.96. The van der Waals surface area contributed by atoms with Crippen molar-refractivity contribution in [3.63, 3.8) is 0 Å². The largest absolute Gasteiger partial charge is 0.507 e. The molecule has 0 aliphatic rings. The average molecular weight is 248 g/mol. The molecule has 0 unspecified atom stereocenters. The molecule has 1 rings (SSSR count). The number of rotatable bonds is 1. The summed E-state index contributed by atoms with van der Waals surface area (Å²) >= 11 is 0. The third-order valence-corrected chi connectivity index (χ3v) is 2.97. The molecule has 0 bridgehead atoms. The van der Waals surface area contributed by atoms with E-state index >= 15 is 0 Å². The van der Waals surface area contributed by atoms with Gasteiger partial charge in [0, 0.05) is 11.1 Å². The van der Waals surface area contributed by atoms with E-state index in [1.54, 1.807) is 6.21 Å². The number of benzene rings is 1. The minimum atomic E-state index is -0.122. The van der Waals surface area contributed by atoms with Crippen molar-refractivity contribution in [3.05, 3.63) is 28.8 Å². The van der Waals surface area contributed by atoms with Gasteiger partial charge < -0.3 is 10.9 Å². The van der Waals surface area contributed by atoms with Gasteiger partial charge in [-0.15, -0.1) is 0 Å². The maximum absolute atomic E-state index is 10.5. The Hall–Kier alpha value is -1.51. The molecule has 100 valence electrons. The zero-order valence-corrected chi connectivity index (χ0v) is 12.2.